The second-order valence-electron chi connectivity index (χ2n) is 36.1. The number of aromatic nitrogens is 3. The number of fused-ring (bicyclic) bond motifs is 1. The maximum Gasteiger partial charge on any atom is 0.317 e. The van der Waals surface area contributed by atoms with Gasteiger partial charge in [0.1, 0.15) is 78.5 Å². The number of carbonyl (C=O) groups is 19. The lowest BCUT2D eigenvalue weighted by molar-refractivity contribution is -0.144. The second kappa shape index (κ2) is 68.5. The summed E-state index contributed by atoms with van der Waals surface area (Å²) in [5, 5.41) is 128. The van der Waals surface area contributed by atoms with Gasteiger partial charge >= 0.3 is 17.9 Å². The highest BCUT2D eigenvalue weighted by Gasteiger charge is 2.43. The lowest BCUT2D eigenvalue weighted by atomic mass is 10.0. The molecule has 6 rings (SSSR count). The molecular formula is C96H147N23O29. The Kier molecular flexibility index (Phi) is 56.8. The number of likely N-dealkylation sites (tertiary alicyclic amines) is 1. The summed E-state index contributed by atoms with van der Waals surface area (Å²) in [5.41, 5.74) is 7.42. The van der Waals surface area contributed by atoms with Crippen LogP contribution in [0, 0.1) is 5.41 Å². The van der Waals surface area contributed by atoms with E-state index in [1.165, 1.54) is 44.6 Å². The van der Waals surface area contributed by atoms with E-state index in [2.05, 4.69) is 100 Å². The summed E-state index contributed by atoms with van der Waals surface area (Å²) in [6, 6.07) is -7.77. The molecule has 2 aliphatic rings. The standard InChI is InChI=1S/C96H147N23O29/c1-59(125)106-67-34-36-100-79(127)48-71(112-88(139)69(46-61-49-104-64-28-20-19-27-63(61)64)110-84(135)66(30-23-35-103-96(97)98)107-87(138)68(45-60-25-15-14-16-26-60)109-89(140)70(111-86(67)137)47-62-50-99-58-105-62)95(146)119-40-24-31-77(119)94(145)117-76(57-124)93(144)116-75(56-123)92(143)115-73(54-121)90(141)108-65(29-21-22-39-118(51-81(130)131)52-82(132)133)85(136)114-74(55-122)91(142)113-72(53-120)83(134)102-38-42-148-44-43-147-41-37-101-78(126)32-17-12-10-8-6-4-2-3-5-7-9-11-13-18-33-80(128)129/h14-16,19-20,25-28,49-50,58,65-77,104,120-124H,2-13,17-18,21-24,29-48,51-57H2,1H3,(H,99,105)(H,100,127)(H,101,126)(H,102,134)(H,106,125)(H,107,138)(H,108,141)(H,109,140)(H,110,135)(H,111,137)(H,112,139)(H,113,142)(H,114,136)(H,115,143)(H,116,144)(H,117,145)(H,128,129)(H,130,131)(H,132,133)(H4,97,98,103)/t65-,66-,67-,68+,69-,70-,71-,72-,73-,74-,75-,76-,77-/m0/s1. The minimum absolute atomic E-state index is 0.0185. The van der Waals surface area contributed by atoms with Crippen LogP contribution >= 0.6 is 0 Å². The molecule has 820 valence electrons. The molecule has 0 aliphatic carbocycles. The van der Waals surface area contributed by atoms with Gasteiger partial charge in [0.15, 0.2) is 5.96 Å². The first-order valence-electron chi connectivity index (χ1n) is 50.0. The Morgan fingerprint density at radius 2 is 0.986 bits per heavy atom. The van der Waals surface area contributed by atoms with Gasteiger partial charge in [0.2, 0.25) is 94.5 Å². The van der Waals surface area contributed by atoms with Crippen LogP contribution in [0.4, 0.5) is 0 Å². The number of guanidine groups is 1. The Balaban J connectivity index is 1.11. The van der Waals surface area contributed by atoms with E-state index < -0.39 is 257 Å². The highest BCUT2D eigenvalue weighted by molar-refractivity contribution is 6.02. The topological polar surface area (TPSA) is 798 Å². The number of unbranched alkanes of at least 4 members (excludes halogenated alkanes) is 14. The van der Waals surface area contributed by atoms with Crippen LogP contribution in [-0.4, -0.2) is 374 Å². The number of carboxylic acid groups (broad SMARTS) is 3. The molecule has 4 heterocycles. The van der Waals surface area contributed by atoms with Crippen molar-refractivity contribution in [3.8, 4) is 0 Å². The fraction of sp³-hybridized carbons (Fsp3) is 0.615. The molecule has 2 aromatic carbocycles. The second-order valence-corrected chi connectivity index (χ2v) is 36.1. The molecule has 0 spiro atoms. The molecule has 4 aromatic rings. The number of aliphatic hydroxyl groups is 5. The van der Waals surface area contributed by atoms with Crippen LogP contribution in [0.25, 0.3) is 10.9 Å². The van der Waals surface area contributed by atoms with Gasteiger partial charge in [0, 0.05) is 95.0 Å². The van der Waals surface area contributed by atoms with Crippen molar-refractivity contribution in [2.24, 2.45) is 5.73 Å². The Hall–Kier alpha value is -13.9. The highest BCUT2D eigenvalue weighted by atomic mass is 16.5. The molecule has 52 heteroatoms. The fourth-order valence-corrected chi connectivity index (χ4v) is 16.5. The Labute approximate surface area is 855 Å². The largest absolute Gasteiger partial charge is 0.481 e. The predicted molar refractivity (Wildman–Crippen MR) is 530 cm³/mol. The third kappa shape index (κ3) is 46.4. The third-order valence-electron chi connectivity index (χ3n) is 24.3. The van der Waals surface area contributed by atoms with Crippen molar-refractivity contribution in [3.63, 3.8) is 0 Å². The normalized spacial score (nSPS) is 18.2. The summed E-state index contributed by atoms with van der Waals surface area (Å²) in [6.45, 7) is -6.83. The van der Waals surface area contributed by atoms with Gasteiger partial charge in [0.05, 0.1) is 91.0 Å². The number of para-hydroxylation sites is 1. The van der Waals surface area contributed by atoms with Gasteiger partial charge in [-0.05, 0) is 87.9 Å². The van der Waals surface area contributed by atoms with Gasteiger partial charge in [-0.3, -0.25) is 101 Å². The molecule has 148 heavy (non-hydrogen) atoms. The van der Waals surface area contributed by atoms with E-state index in [4.69, 9.17) is 25.7 Å². The van der Waals surface area contributed by atoms with Crippen molar-refractivity contribution in [2.45, 2.75) is 265 Å². The number of hydrogen-bond donors (Lipinski definition) is 28. The summed E-state index contributed by atoms with van der Waals surface area (Å²) in [5.74, 6) is -20.5. The van der Waals surface area contributed by atoms with Crippen molar-refractivity contribution in [3.05, 3.63) is 90.1 Å². The SMILES string of the molecule is CC(=O)N[C@H]1CCNC(=O)C[C@@H](C(=O)N2CCC[C@H]2C(=O)N[C@@H](CO)C(=O)N[C@@H](CO)C(=O)N[C@@H](CO)C(=O)N[C@@H](CCCCN(CC(=O)O)CC(=O)O)C(=O)N[C@@H](CO)C(=O)N[C@@H](CO)C(=O)NCCOCCOCCNC(=O)CCCCCCCCCCCCCCCCC(=O)O)NC(=O)[C@H](Cc2c[nH]c3ccccc23)NC(=O)[C@H](CCCNC(=N)N)NC(=O)[C@@H](Cc2ccccc2)NC(=O)[C@H](Cc2c[nH]cn2)NC1=O. The number of carboxylic acids is 3. The van der Waals surface area contributed by atoms with Crippen LogP contribution in [0.3, 0.4) is 0 Å². The summed E-state index contributed by atoms with van der Waals surface area (Å²) in [4.78, 5) is 274. The first-order valence-corrected chi connectivity index (χ1v) is 50.0. The maximum atomic E-state index is 15.4. The molecule has 13 atom stereocenters. The minimum atomic E-state index is -2.11. The van der Waals surface area contributed by atoms with Crippen LogP contribution in [0.5, 0.6) is 0 Å². The van der Waals surface area contributed by atoms with Crippen LogP contribution in [0.1, 0.15) is 184 Å². The molecule has 16 amide bonds. The number of ether oxygens (including phenoxy) is 2. The number of aliphatic carboxylic acids is 3. The number of H-pyrrole nitrogens is 2. The minimum Gasteiger partial charge on any atom is -0.481 e. The van der Waals surface area contributed by atoms with E-state index in [1.807, 2.05) is 0 Å². The van der Waals surface area contributed by atoms with Gasteiger partial charge in [0.25, 0.3) is 0 Å². The summed E-state index contributed by atoms with van der Waals surface area (Å²) in [7, 11) is 0. The molecule has 0 bridgehead atoms. The lowest BCUT2D eigenvalue weighted by Crippen LogP contribution is -2.62. The summed E-state index contributed by atoms with van der Waals surface area (Å²) < 4.78 is 11.0. The summed E-state index contributed by atoms with van der Waals surface area (Å²) >= 11 is 0. The number of nitrogens with zero attached hydrogens (tertiary/aromatic N) is 3. The van der Waals surface area contributed by atoms with E-state index in [9.17, 15) is 112 Å². The predicted octanol–water partition coefficient (Wildman–Crippen LogP) is -5.88. The quantitative estimate of drug-likeness (QED) is 0.0111. The van der Waals surface area contributed by atoms with Crippen LogP contribution in [-0.2, 0) is 120 Å². The Morgan fingerprint density at radius 1 is 0.500 bits per heavy atom. The first-order chi connectivity index (χ1) is 71.0. The number of hydrogen-bond acceptors (Lipinski definition) is 29. The highest BCUT2D eigenvalue weighted by Crippen LogP contribution is 2.24. The van der Waals surface area contributed by atoms with E-state index in [0.717, 1.165) is 74.5 Å². The molecule has 0 unspecified atom stereocenters. The maximum absolute atomic E-state index is 15.4. The van der Waals surface area contributed by atoms with Gasteiger partial charge in [-0.2, -0.15) is 0 Å². The van der Waals surface area contributed by atoms with Crippen molar-refractivity contribution in [2.75, 3.05) is 112 Å². The number of nitrogens with one attached hydrogen (secondary N) is 19. The van der Waals surface area contributed by atoms with Crippen molar-refractivity contribution in [1.82, 2.24) is 110 Å². The average Bonchev–Trinajstić information content (AvgIpc) is 1.68. The molecule has 2 aromatic heterocycles. The van der Waals surface area contributed by atoms with Crippen LogP contribution < -0.4 is 90.8 Å². The van der Waals surface area contributed by atoms with Crippen LogP contribution in [0.2, 0.25) is 0 Å². The lowest BCUT2D eigenvalue weighted by Gasteiger charge is -2.31. The zero-order valence-electron chi connectivity index (χ0n) is 83.3. The number of benzene rings is 2. The number of aromatic amines is 2. The first kappa shape index (κ1) is 123. The number of imidazole rings is 1. The molecule has 2 fully saturated rings. The van der Waals surface area contributed by atoms with Crippen LogP contribution in [0.15, 0.2) is 73.3 Å². The Morgan fingerprint density at radius 3 is 1.53 bits per heavy atom. The van der Waals surface area contributed by atoms with Gasteiger partial charge < -0.3 is 156 Å². The van der Waals surface area contributed by atoms with E-state index >= 15 is 14.4 Å². The fourth-order valence-electron chi connectivity index (χ4n) is 16.5. The number of rotatable bonds is 65. The molecule has 2 saturated heterocycles. The molecular weight excluding hydrogens is 1940 g/mol. The number of carbonyl (C=O) groups excluding carboxylic acids is 16. The molecule has 2 aliphatic heterocycles. The smallest absolute Gasteiger partial charge is 0.317 e. The number of aliphatic hydroxyl groups excluding tert-OH is 5. The molecule has 0 saturated carbocycles. The molecule has 52 nitrogen and oxygen atoms in total. The Bertz CT molecular complexity index is 4920. The number of nitrogens with two attached hydrogens (primary N) is 1. The van der Waals surface area contributed by atoms with Crippen molar-refractivity contribution >= 4 is 129 Å². The van der Waals surface area contributed by atoms with Crippen molar-refractivity contribution < 1.29 is 141 Å². The molecule has 0 radical (unpaired) electrons. The molecule has 29 N–H and O–H groups in total. The van der Waals surface area contributed by atoms with E-state index in [-0.39, 0.29) is 141 Å². The van der Waals surface area contributed by atoms with Gasteiger partial charge in [-0.25, -0.2) is 4.98 Å². The van der Waals surface area contributed by atoms with E-state index in [1.54, 1.807) is 60.8 Å². The zero-order chi connectivity index (χ0) is 108. The van der Waals surface area contributed by atoms with E-state index in [0.29, 0.717) is 28.5 Å². The third-order valence-corrected chi connectivity index (χ3v) is 24.3. The van der Waals surface area contributed by atoms with Crippen molar-refractivity contribution in [1.29, 1.82) is 5.41 Å². The summed E-state index contributed by atoms with van der Waals surface area (Å²) in [6.07, 6.45) is 16.7. The van der Waals surface area contributed by atoms with Gasteiger partial charge in [-0.15, -0.1) is 0 Å². The van der Waals surface area contributed by atoms with Gasteiger partial charge in [-0.1, -0.05) is 126 Å². The monoisotopic (exact) mass is 2090 g/mol. The average molecular weight is 2090 g/mol. The number of amides is 16. The zero-order valence-corrected chi connectivity index (χ0v) is 83.3.